The first-order valence-electron chi connectivity index (χ1n) is 3.29. The summed E-state index contributed by atoms with van der Waals surface area (Å²) in [6.07, 6.45) is 2.67. The predicted molar refractivity (Wildman–Crippen MR) is 39.7 cm³/mol. The fourth-order valence-corrected chi connectivity index (χ4v) is 0.579. The molecule has 0 spiro atoms. The SMILES string of the molecule is C=CCC(=O)CCC(C)=O. The summed E-state index contributed by atoms with van der Waals surface area (Å²) >= 11 is 0. The molecule has 0 aromatic rings. The van der Waals surface area contributed by atoms with Crippen LogP contribution < -0.4 is 0 Å². The Morgan fingerprint density at radius 2 is 2.00 bits per heavy atom. The van der Waals surface area contributed by atoms with E-state index in [1.54, 1.807) is 6.08 Å². The van der Waals surface area contributed by atoms with Crippen LogP contribution in [0.25, 0.3) is 0 Å². The summed E-state index contributed by atoms with van der Waals surface area (Å²) in [4.78, 5) is 21.1. The smallest absolute Gasteiger partial charge is 0.137 e. The predicted octanol–water partition coefficient (Wildman–Crippen LogP) is 1.50. The third kappa shape index (κ3) is 5.22. The van der Waals surface area contributed by atoms with Gasteiger partial charge in [0, 0.05) is 19.3 Å². The molecular weight excluding hydrogens is 128 g/mol. The topological polar surface area (TPSA) is 34.1 Å². The Kier molecular flexibility index (Phi) is 4.46. The molecule has 0 aliphatic rings. The highest BCUT2D eigenvalue weighted by molar-refractivity contribution is 5.85. The van der Waals surface area contributed by atoms with Crippen LogP contribution in [0.2, 0.25) is 0 Å². The van der Waals surface area contributed by atoms with E-state index in [0.717, 1.165) is 0 Å². The van der Waals surface area contributed by atoms with Gasteiger partial charge in [-0.2, -0.15) is 0 Å². The zero-order valence-electron chi connectivity index (χ0n) is 6.22. The van der Waals surface area contributed by atoms with Crippen molar-refractivity contribution in [3.63, 3.8) is 0 Å². The molecule has 0 N–H and O–H groups in total. The lowest BCUT2D eigenvalue weighted by Gasteiger charge is -1.92. The quantitative estimate of drug-likeness (QED) is 0.542. The highest BCUT2D eigenvalue weighted by atomic mass is 16.1. The Morgan fingerprint density at radius 3 is 2.40 bits per heavy atom. The molecule has 0 rings (SSSR count). The molecule has 2 nitrogen and oxygen atoms in total. The third-order valence-corrected chi connectivity index (χ3v) is 1.13. The van der Waals surface area contributed by atoms with Gasteiger partial charge in [-0.25, -0.2) is 0 Å². The van der Waals surface area contributed by atoms with Crippen molar-refractivity contribution in [1.29, 1.82) is 0 Å². The van der Waals surface area contributed by atoms with Gasteiger partial charge in [0.05, 0.1) is 0 Å². The second-order valence-electron chi connectivity index (χ2n) is 2.23. The number of allylic oxidation sites excluding steroid dienone is 1. The van der Waals surface area contributed by atoms with E-state index in [-0.39, 0.29) is 11.6 Å². The number of rotatable bonds is 5. The number of Topliss-reactive ketones (excluding diaryl/α,β-unsaturated/α-hetero) is 2. The van der Waals surface area contributed by atoms with Crippen LogP contribution in [0.4, 0.5) is 0 Å². The lowest BCUT2D eigenvalue weighted by molar-refractivity contribution is -0.122. The van der Waals surface area contributed by atoms with Crippen molar-refractivity contribution < 1.29 is 9.59 Å². The maximum absolute atomic E-state index is 10.7. The number of carbonyl (C=O) groups is 2. The molecule has 0 radical (unpaired) electrons. The van der Waals surface area contributed by atoms with Crippen molar-refractivity contribution in [3.8, 4) is 0 Å². The minimum atomic E-state index is 0.0670. The van der Waals surface area contributed by atoms with Crippen molar-refractivity contribution >= 4 is 11.6 Å². The Hall–Kier alpha value is -0.920. The minimum Gasteiger partial charge on any atom is -0.300 e. The zero-order valence-corrected chi connectivity index (χ0v) is 6.22. The molecule has 0 saturated carbocycles. The summed E-state index contributed by atoms with van der Waals surface area (Å²) in [5, 5.41) is 0. The Bertz CT molecular complexity index is 147. The fraction of sp³-hybridized carbons (Fsp3) is 0.500. The first kappa shape index (κ1) is 9.08. The molecule has 0 amide bonds. The van der Waals surface area contributed by atoms with Gasteiger partial charge in [-0.15, -0.1) is 6.58 Å². The normalized spacial score (nSPS) is 8.90. The standard InChI is InChI=1S/C8H12O2/c1-3-4-8(10)6-5-7(2)9/h3H,1,4-6H2,2H3. The van der Waals surface area contributed by atoms with Crippen molar-refractivity contribution in [2.75, 3.05) is 0 Å². The summed E-state index contributed by atoms with van der Waals surface area (Å²) in [5.41, 5.74) is 0. The van der Waals surface area contributed by atoms with Gasteiger partial charge in [-0.3, -0.25) is 4.79 Å². The average Bonchev–Trinajstić information content (AvgIpc) is 1.85. The fourth-order valence-electron chi connectivity index (χ4n) is 0.579. The zero-order chi connectivity index (χ0) is 7.98. The van der Waals surface area contributed by atoms with E-state index in [4.69, 9.17) is 0 Å². The third-order valence-electron chi connectivity index (χ3n) is 1.13. The van der Waals surface area contributed by atoms with Crippen LogP contribution in [0.15, 0.2) is 12.7 Å². The molecule has 0 aliphatic carbocycles. The number of ketones is 2. The second-order valence-corrected chi connectivity index (χ2v) is 2.23. The largest absolute Gasteiger partial charge is 0.300 e. The molecule has 10 heavy (non-hydrogen) atoms. The lowest BCUT2D eigenvalue weighted by atomic mass is 10.1. The molecule has 0 bridgehead atoms. The van der Waals surface area contributed by atoms with E-state index >= 15 is 0 Å². The van der Waals surface area contributed by atoms with E-state index < -0.39 is 0 Å². The van der Waals surface area contributed by atoms with E-state index in [0.29, 0.717) is 19.3 Å². The van der Waals surface area contributed by atoms with Crippen molar-refractivity contribution in [1.82, 2.24) is 0 Å². The Balaban J connectivity index is 3.39. The van der Waals surface area contributed by atoms with E-state index in [1.165, 1.54) is 6.92 Å². The molecule has 0 fully saturated rings. The van der Waals surface area contributed by atoms with Gasteiger partial charge in [0.15, 0.2) is 0 Å². The minimum absolute atomic E-state index is 0.0670. The van der Waals surface area contributed by atoms with Crippen LogP contribution in [-0.2, 0) is 9.59 Å². The number of hydrogen-bond acceptors (Lipinski definition) is 2. The molecule has 2 heteroatoms. The van der Waals surface area contributed by atoms with Crippen molar-refractivity contribution in [3.05, 3.63) is 12.7 Å². The number of carbonyl (C=O) groups excluding carboxylic acids is 2. The summed E-state index contributed by atoms with van der Waals surface area (Å²) < 4.78 is 0. The highest BCUT2D eigenvalue weighted by Gasteiger charge is 2.00. The van der Waals surface area contributed by atoms with Gasteiger partial charge in [-0.1, -0.05) is 6.08 Å². The molecule has 0 aromatic carbocycles. The molecule has 56 valence electrons. The van der Waals surface area contributed by atoms with Crippen LogP contribution in [0.5, 0.6) is 0 Å². The second kappa shape index (κ2) is 4.91. The summed E-state index contributed by atoms with van der Waals surface area (Å²) in [6.45, 7) is 4.91. The maximum atomic E-state index is 10.7. The van der Waals surface area contributed by atoms with Crippen LogP contribution in [0.3, 0.4) is 0 Å². The molecule has 0 saturated heterocycles. The van der Waals surface area contributed by atoms with Gasteiger partial charge in [0.25, 0.3) is 0 Å². The molecule has 0 aliphatic heterocycles. The van der Waals surface area contributed by atoms with Crippen LogP contribution in [-0.4, -0.2) is 11.6 Å². The van der Waals surface area contributed by atoms with E-state index in [9.17, 15) is 9.59 Å². The lowest BCUT2D eigenvalue weighted by Crippen LogP contribution is -1.99. The van der Waals surface area contributed by atoms with Crippen LogP contribution in [0, 0.1) is 0 Å². The molecular formula is C8H12O2. The Morgan fingerprint density at radius 1 is 1.40 bits per heavy atom. The van der Waals surface area contributed by atoms with Crippen LogP contribution >= 0.6 is 0 Å². The molecule has 0 atom stereocenters. The van der Waals surface area contributed by atoms with Crippen molar-refractivity contribution in [2.24, 2.45) is 0 Å². The first-order chi connectivity index (χ1) is 4.66. The number of hydrogen-bond donors (Lipinski definition) is 0. The van der Waals surface area contributed by atoms with Gasteiger partial charge in [0.2, 0.25) is 0 Å². The maximum Gasteiger partial charge on any atom is 0.137 e. The molecule has 0 unspecified atom stereocenters. The molecule has 0 aromatic heterocycles. The van der Waals surface area contributed by atoms with E-state index in [2.05, 4.69) is 6.58 Å². The van der Waals surface area contributed by atoms with Gasteiger partial charge in [-0.05, 0) is 6.92 Å². The van der Waals surface area contributed by atoms with Crippen molar-refractivity contribution in [2.45, 2.75) is 26.2 Å². The average molecular weight is 140 g/mol. The summed E-state index contributed by atoms with van der Waals surface area (Å²) in [7, 11) is 0. The van der Waals surface area contributed by atoms with Gasteiger partial charge in [0.1, 0.15) is 11.6 Å². The van der Waals surface area contributed by atoms with Gasteiger partial charge < -0.3 is 4.79 Å². The highest BCUT2D eigenvalue weighted by Crippen LogP contribution is 1.95. The van der Waals surface area contributed by atoms with E-state index in [1.807, 2.05) is 0 Å². The van der Waals surface area contributed by atoms with Crippen LogP contribution in [0.1, 0.15) is 26.2 Å². The summed E-state index contributed by atoms with van der Waals surface area (Å²) in [5.74, 6) is 0.155. The van der Waals surface area contributed by atoms with Gasteiger partial charge >= 0.3 is 0 Å². The monoisotopic (exact) mass is 140 g/mol. The first-order valence-corrected chi connectivity index (χ1v) is 3.29. The summed E-state index contributed by atoms with van der Waals surface area (Å²) in [6, 6.07) is 0. The molecule has 0 heterocycles. The Labute approximate surface area is 60.9 Å².